The summed E-state index contributed by atoms with van der Waals surface area (Å²) in [7, 11) is -5.08. The molecule has 0 aliphatic carbocycles. The predicted molar refractivity (Wildman–Crippen MR) is 241 cm³/mol. The van der Waals surface area contributed by atoms with Crippen LogP contribution >= 0.6 is 0 Å². The highest BCUT2D eigenvalue weighted by Gasteiger charge is 2.48. The number of aliphatic hydroxyl groups is 4. The van der Waals surface area contributed by atoms with Gasteiger partial charge in [-0.3, -0.25) is 9.35 Å². The molecule has 356 valence electrons. The van der Waals surface area contributed by atoms with Crippen LogP contribution in [0.2, 0.25) is 0 Å². The average molecular weight is 878 g/mol. The number of nitrogens with one attached hydrogen (secondary N) is 1. The van der Waals surface area contributed by atoms with Crippen LogP contribution in [0.25, 0.3) is 0 Å². The van der Waals surface area contributed by atoms with Crippen LogP contribution in [0.3, 0.4) is 0 Å². The molecule has 1 aliphatic rings. The number of unbranched alkanes of at least 4 members (excludes halogenated alkanes) is 30. The van der Waals surface area contributed by atoms with Gasteiger partial charge < -0.3 is 35.2 Å². The minimum atomic E-state index is -5.08. The van der Waals surface area contributed by atoms with Crippen LogP contribution in [0.5, 0.6) is 0 Å². The summed E-state index contributed by atoms with van der Waals surface area (Å²) < 4.78 is 47.6. The maximum atomic E-state index is 13.0. The molecule has 0 aromatic rings. The minimum Gasteiger partial charge on any atom is -0.394 e. The maximum absolute atomic E-state index is 13.0. The lowest BCUT2D eigenvalue weighted by Gasteiger charge is -2.41. The third-order valence-electron chi connectivity index (χ3n) is 11.8. The molecule has 1 aliphatic heterocycles. The fraction of sp³-hybridized carbons (Fsp3) is 0.936. The first-order chi connectivity index (χ1) is 29.0. The first-order valence-electron chi connectivity index (χ1n) is 24.6. The van der Waals surface area contributed by atoms with Gasteiger partial charge in [-0.05, 0) is 19.3 Å². The number of rotatable bonds is 42. The molecule has 60 heavy (non-hydrogen) atoms. The van der Waals surface area contributed by atoms with Crippen LogP contribution in [0.15, 0.2) is 12.2 Å². The molecule has 1 amide bonds. The highest BCUT2D eigenvalue weighted by atomic mass is 32.3. The smallest absolute Gasteiger partial charge is 0.394 e. The van der Waals surface area contributed by atoms with Gasteiger partial charge in [-0.1, -0.05) is 212 Å². The van der Waals surface area contributed by atoms with E-state index in [1.807, 2.05) is 6.08 Å². The molecule has 7 unspecified atom stereocenters. The van der Waals surface area contributed by atoms with Gasteiger partial charge in [0.2, 0.25) is 5.91 Å². The second-order valence-electron chi connectivity index (χ2n) is 17.4. The van der Waals surface area contributed by atoms with Gasteiger partial charge in [0.25, 0.3) is 0 Å². The lowest BCUT2D eigenvalue weighted by atomic mass is 9.99. The largest absolute Gasteiger partial charge is 0.397 e. The molecule has 1 rings (SSSR count). The molecule has 1 saturated heterocycles. The van der Waals surface area contributed by atoms with Gasteiger partial charge >= 0.3 is 10.4 Å². The van der Waals surface area contributed by atoms with Gasteiger partial charge in [0, 0.05) is 6.42 Å². The molecule has 6 N–H and O–H groups in total. The summed E-state index contributed by atoms with van der Waals surface area (Å²) >= 11 is 0. The molecule has 7 atom stereocenters. The molecule has 0 aromatic carbocycles. The summed E-state index contributed by atoms with van der Waals surface area (Å²) in [6.45, 7) is 3.41. The molecule has 13 heteroatoms. The van der Waals surface area contributed by atoms with E-state index in [1.54, 1.807) is 6.08 Å². The fourth-order valence-corrected chi connectivity index (χ4v) is 8.49. The van der Waals surface area contributed by atoms with Crippen LogP contribution in [0, 0.1) is 0 Å². The summed E-state index contributed by atoms with van der Waals surface area (Å²) in [6.07, 6.45) is 33.9. The molecular weight excluding hydrogens is 787 g/mol. The number of amides is 1. The standard InChI is InChI=1S/C47H91NO11S/c1-3-5-7-9-11-13-15-17-19-21-22-24-26-28-30-32-34-36-41(50)40(39-57-47-45(53)46(59-60(54,55)56)44(52)42(38-49)58-47)48-43(51)37-35-33-31-29-27-25-23-20-18-16-14-12-10-8-6-4-2/h34,36,40-42,44-47,49-50,52-53H,3-33,35,37-39H2,1-2H3,(H,48,51)(H,54,55,56)/b36-34+. The lowest BCUT2D eigenvalue weighted by molar-refractivity contribution is -0.298. The molecule has 0 spiro atoms. The van der Waals surface area contributed by atoms with Crippen LogP contribution < -0.4 is 5.32 Å². The van der Waals surface area contributed by atoms with E-state index < -0.39 is 59.9 Å². The van der Waals surface area contributed by atoms with E-state index in [4.69, 9.17) is 9.47 Å². The second kappa shape index (κ2) is 38.3. The zero-order valence-corrected chi connectivity index (χ0v) is 38.9. The van der Waals surface area contributed by atoms with Crippen LogP contribution in [-0.2, 0) is 28.9 Å². The first-order valence-corrected chi connectivity index (χ1v) is 25.9. The zero-order chi connectivity index (χ0) is 44.1. The lowest BCUT2D eigenvalue weighted by Crippen LogP contribution is -2.61. The number of carbonyl (C=O) groups excluding carboxylic acids is 1. The quantitative estimate of drug-likeness (QED) is 0.0194. The summed E-state index contributed by atoms with van der Waals surface area (Å²) in [5, 5.41) is 44.8. The number of aliphatic hydroxyl groups excluding tert-OH is 4. The van der Waals surface area contributed by atoms with Gasteiger partial charge in [-0.25, -0.2) is 4.18 Å². The Morgan fingerprint density at radius 2 is 1.05 bits per heavy atom. The predicted octanol–water partition coefficient (Wildman–Crippen LogP) is 9.95. The third-order valence-corrected chi connectivity index (χ3v) is 12.3. The minimum absolute atomic E-state index is 0.259. The van der Waals surface area contributed by atoms with E-state index in [0.29, 0.717) is 6.42 Å². The van der Waals surface area contributed by atoms with Crippen LogP contribution in [-0.4, -0.2) is 95.4 Å². The number of hydrogen-bond acceptors (Lipinski definition) is 10. The Bertz CT molecular complexity index is 1130. The summed E-state index contributed by atoms with van der Waals surface area (Å²) in [4.78, 5) is 13.0. The summed E-state index contributed by atoms with van der Waals surface area (Å²) in [6, 6.07) is -0.938. The molecule has 0 radical (unpaired) electrons. The number of carbonyl (C=O) groups is 1. The summed E-state index contributed by atoms with van der Waals surface area (Å²) in [5.41, 5.74) is 0. The van der Waals surface area contributed by atoms with E-state index in [9.17, 15) is 38.2 Å². The van der Waals surface area contributed by atoms with Crippen molar-refractivity contribution in [3.05, 3.63) is 12.2 Å². The van der Waals surface area contributed by atoms with E-state index >= 15 is 0 Å². The Morgan fingerprint density at radius 3 is 1.45 bits per heavy atom. The number of ether oxygens (including phenoxy) is 2. The van der Waals surface area contributed by atoms with E-state index in [1.165, 1.54) is 161 Å². The second-order valence-corrected chi connectivity index (χ2v) is 18.5. The zero-order valence-electron chi connectivity index (χ0n) is 38.0. The van der Waals surface area contributed by atoms with Crippen molar-refractivity contribution in [2.75, 3.05) is 13.2 Å². The van der Waals surface area contributed by atoms with Gasteiger partial charge in [-0.15, -0.1) is 0 Å². The molecule has 1 heterocycles. The van der Waals surface area contributed by atoms with Crippen molar-refractivity contribution in [2.24, 2.45) is 0 Å². The Morgan fingerprint density at radius 1 is 0.650 bits per heavy atom. The normalized spacial score (nSPS) is 20.8. The Balaban J connectivity index is 2.49. The molecule has 0 aromatic heterocycles. The Kier molecular flexibility index (Phi) is 36.3. The van der Waals surface area contributed by atoms with Crippen molar-refractivity contribution < 1.29 is 51.8 Å². The highest BCUT2D eigenvalue weighted by molar-refractivity contribution is 7.80. The monoisotopic (exact) mass is 878 g/mol. The van der Waals surface area contributed by atoms with Crippen LogP contribution in [0.4, 0.5) is 0 Å². The fourth-order valence-electron chi connectivity index (χ4n) is 7.98. The Hall–Kier alpha value is -1.16. The van der Waals surface area contributed by atoms with Crippen molar-refractivity contribution in [2.45, 2.75) is 269 Å². The van der Waals surface area contributed by atoms with Crippen molar-refractivity contribution >= 4 is 16.3 Å². The first kappa shape index (κ1) is 56.9. The summed E-state index contributed by atoms with van der Waals surface area (Å²) in [5.74, 6) is -0.259. The molecule has 0 bridgehead atoms. The molecule has 0 saturated carbocycles. The van der Waals surface area contributed by atoms with E-state index in [-0.39, 0.29) is 18.9 Å². The topological polar surface area (TPSA) is 192 Å². The van der Waals surface area contributed by atoms with E-state index in [2.05, 4.69) is 23.3 Å². The Labute approximate surface area is 366 Å². The van der Waals surface area contributed by atoms with Crippen molar-refractivity contribution in [1.29, 1.82) is 0 Å². The molecule has 12 nitrogen and oxygen atoms in total. The average Bonchev–Trinajstić information content (AvgIpc) is 3.22. The molecule has 1 fully saturated rings. The molecular formula is C47H91NO11S. The van der Waals surface area contributed by atoms with Gasteiger partial charge in [0.15, 0.2) is 6.29 Å². The maximum Gasteiger partial charge on any atom is 0.397 e. The SMILES string of the molecule is CCCCCCCCCCCCCCCCC/C=C/C(O)C(COC1OC(CO)C(O)C(OS(=O)(=O)O)C1O)NC(=O)CCCCCCCCCCCCCCCCCC. The van der Waals surface area contributed by atoms with Gasteiger partial charge in [-0.2, -0.15) is 8.42 Å². The van der Waals surface area contributed by atoms with E-state index in [0.717, 1.165) is 38.5 Å². The van der Waals surface area contributed by atoms with Crippen molar-refractivity contribution in [1.82, 2.24) is 5.32 Å². The van der Waals surface area contributed by atoms with Gasteiger partial charge in [0.1, 0.15) is 24.4 Å². The van der Waals surface area contributed by atoms with Crippen molar-refractivity contribution in [3.8, 4) is 0 Å². The number of allylic oxidation sites excluding steroid dienone is 1. The van der Waals surface area contributed by atoms with Gasteiger partial charge in [0.05, 0.1) is 25.4 Å². The number of hydrogen-bond donors (Lipinski definition) is 6. The van der Waals surface area contributed by atoms with Crippen LogP contribution in [0.1, 0.15) is 226 Å². The third kappa shape index (κ3) is 30.8. The highest BCUT2D eigenvalue weighted by Crippen LogP contribution is 2.26. The van der Waals surface area contributed by atoms with Crippen molar-refractivity contribution in [3.63, 3.8) is 0 Å².